The second-order valence-corrected chi connectivity index (χ2v) is 8.01. The molecule has 0 saturated heterocycles. The SMILES string of the molecule is CCc1ccc(C(Br)c2ccc(C(C)(C)C)cc2)s1. The number of thiophene rings is 1. The molecule has 0 aliphatic rings. The largest absolute Gasteiger partial charge is 0.144 e. The van der Waals surface area contributed by atoms with E-state index in [0.29, 0.717) is 4.83 Å². The molecule has 2 rings (SSSR count). The maximum absolute atomic E-state index is 3.82. The lowest BCUT2D eigenvalue weighted by Crippen LogP contribution is -2.10. The molecule has 0 radical (unpaired) electrons. The van der Waals surface area contributed by atoms with Crippen molar-refractivity contribution in [3.63, 3.8) is 0 Å². The highest BCUT2D eigenvalue weighted by Gasteiger charge is 2.16. The van der Waals surface area contributed by atoms with Crippen LogP contribution in [0.15, 0.2) is 36.4 Å². The Morgan fingerprint density at radius 3 is 2.16 bits per heavy atom. The van der Waals surface area contributed by atoms with E-state index >= 15 is 0 Å². The number of aryl methyl sites for hydroxylation is 1. The fourth-order valence-corrected chi connectivity index (χ4v) is 3.73. The number of alkyl halides is 1. The summed E-state index contributed by atoms with van der Waals surface area (Å²) in [6, 6.07) is 13.4. The molecule has 2 heteroatoms. The lowest BCUT2D eigenvalue weighted by molar-refractivity contribution is 0.590. The normalized spacial score (nSPS) is 13.5. The van der Waals surface area contributed by atoms with Crippen LogP contribution in [0.2, 0.25) is 0 Å². The fraction of sp³-hybridized carbons (Fsp3) is 0.412. The standard InChI is InChI=1S/C17H21BrS/c1-5-14-10-11-15(19-14)16(18)12-6-8-13(9-7-12)17(2,3)4/h6-11,16H,5H2,1-4H3. The molecule has 1 aromatic carbocycles. The first kappa shape index (κ1) is 14.8. The molecule has 0 nitrogen and oxygen atoms in total. The molecule has 0 N–H and O–H groups in total. The van der Waals surface area contributed by atoms with E-state index in [2.05, 4.69) is 80.0 Å². The number of rotatable bonds is 3. The first-order chi connectivity index (χ1) is 8.91. The third-order valence-electron chi connectivity index (χ3n) is 3.35. The highest BCUT2D eigenvalue weighted by Crippen LogP contribution is 2.36. The van der Waals surface area contributed by atoms with Crippen LogP contribution in [-0.2, 0) is 11.8 Å². The van der Waals surface area contributed by atoms with Crippen LogP contribution in [0.25, 0.3) is 0 Å². The average molecular weight is 337 g/mol. The van der Waals surface area contributed by atoms with Crippen LogP contribution in [0, 0.1) is 0 Å². The van der Waals surface area contributed by atoms with Crippen LogP contribution in [0.5, 0.6) is 0 Å². The van der Waals surface area contributed by atoms with Crippen LogP contribution in [-0.4, -0.2) is 0 Å². The van der Waals surface area contributed by atoms with Crippen LogP contribution < -0.4 is 0 Å². The van der Waals surface area contributed by atoms with Crippen molar-refractivity contribution in [2.75, 3.05) is 0 Å². The Morgan fingerprint density at radius 2 is 1.68 bits per heavy atom. The van der Waals surface area contributed by atoms with Crippen molar-refractivity contribution in [3.05, 3.63) is 57.3 Å². The minimum absolute atomic E-state index is 0.221. The fourth-order valence-electron chi connectivity index (χ4n) is 2.04. The monoisotopic (exact) mass is 336 g/mol. The molecule has 0 aliphatic carbocycles. The van der Waals surface area contributed by atoms with Gasteiger partial charge < -0.3 is 0 Å². The average Bonchev–Trinajstić information content (AvgIpc) is 2.86. The molecule has 0 aliphatic heterocycles. The van der Waals surface area contributed by atoms with Gasteiger partial charge in [0.05, 0.1) is 4.83 Å². The molecule has 0 fully saturated rings. The Balaban J connectivity index is 2.22. The summed E-state index contributed by atoms with van der Waals surface area (Å²) in [5.41, 5.74) is 2.94. The zero-order chi connectivity index (χ0) is 14.0. The summed E-state index contributed by atoms with van der Waals surface area (Å²) < 4.78 is 0. The van der Waals surface area contributed by atoms with Crippen molar-refractivity contribution < 1.29 is 0 Å². The molecular weight excluding hydrogens is 316 g/mol. The first-order valence-corrected chi connectivity index (χ1v) is 8.48. The first-order valence-electron chi connectivity index (χ1n) is 6.75. The van der Waals surface area contributed by atoms with Gasteiger partial charge in [0.25, 0.3) is 0 Å². The van der Waals surface area contributed by atoms with Crippen LogP contribution in [0.3, 0.4) is 0 Å². The van der Waals surface area contributed by atoms with E-state index in [0.717, 1.165) is 6.42 Å². The van der Waals surface area contributed by atoms with E-state index in [4.69, 9.17) is 0 Å². The molecule has 0 amide bonds. The Kier molecular flexibility index (Phi) is 4.52. The van der Waals surface area contributed by atoms with Crippen molar-refractivity contribution in [2.45, 2.75) is 44.4 Å². The minimum atomic E-state index is 0.221. The predicted molar refractivity (Wildman–Crippen MR) is 89.6 cm³/mol. The van der Waals surface area contributed by atoms with Gasteiger partial charge in [0, 0.05) is 9.75 Å². The van der Waals surface area contributed by atoms with Crippen molar-refractivity contribution in [1.82, 2.24) is 0 Å². The number of halogens is 1. The lowest BCUT2D eigenvalue weighted by Gasteiger charge is -2.19. The smallest absolute Gasteiger partial charge is 0.0738 e. The minimum Gasteiger partial charge on any atom is -0.144 e. The highest BCUT2D eigenvalue weighted by molar-refractivity contribution is 9.09. The second kappa shape index (κ2) is 5.80. The predicted octanol–water partition coefficient (Wildman–Crippen LogP) is 6.09. The number of hydrogen-bond acceptors (Lipinski definition) is 1. The third-order valence-corrected chi connectivity index (χ3v) is 5.97. The van der Waals surface area contributed by atoms with Crippen molar-refractivity contribution >= 4 is 27.3 Å². The maximum atomic E-state index is 3.82. The van der Waals surface area contributed by atoms with Gasteiger partial charge in [-0.3, -0.25) is 0 Å². The lowest BCUT2D eigenvalue weighted by atomic mass is 9.86. The van der Waals surface area contributed by atoms with Gasteiger partial charge >= 0.3 is 0 Å². The number of benzene rings is 1. The van der Waals surface area contributed by atoms with Crippen LogP contribution in [0.1, 0.15) is 53.4 Å². The van der Waals surface area contributed by atoms with Gasteiger partial charge in [0.2, 0.25) is 0 Å². The summed E-state index contributed by atoms with van der Waals surface area (Å²) in [7, 11) is 0. The summed E-state index contributed by atoms with van der Waals surface area (Å²) >= 11 is 5.72. The molecule has 1 atom stereocenters. The topological polar surface area (TPSA) is 0 Å². The van der Waals surface area contributed by atoms with Gasteiger partial charge in [-0.05, 0) is 35.1 Å². The van der Waals surface area contributed by atoms with Crippen LogP contribution >= 0.6 is 27.3 Å². The molecule has 2 aromatic rings. The molecule has 1 unspecified atom stereocenters. The van der Waals surface area contributed by atoms with E-state index in [1.807, 2.05) is 11.3 Å². The molecule has 1 aromatic heterocycles. The van der Waals surface area contributed by atoms with E-state index in [-0.39, 0.29) is 5.41 Å². The van der Waals surface area contributed by atoms with Gasteiger partial charge in [-0.2, -0.15) is 0 Å². The Hall–Kier alpha value is -0.600. The summed E-state index contributed by atoms with van der Waals surface area (Å²) in [4.78, 5) is 3.15. The summed E-state index contributed by atoms with van der Waals surface area (Å²) in [6.45, 7) is 8.96. The quantitative estimate of drug-likeness (QED) is 0.594. The zero-order valence-corrected chi connectivity index (χ0v) is 14.4. The van der Waals surface area contributed by atoms with E-state index in [1.165, 1.54) is 20.9 Å². The van der Waals surface area contributed by atoms with Gasteiger partial charge in [0.15, 0.2) is 0 Å². The Morgan fingerprint density at radius 1 is 1.05 bits per heavy atom. The maximum Gasteiger partial charge on any atom is 0.0738 e. The number of hydrogen-bond donors (Lipinski definition) is 0. The van der Waals surface area contributed by atoms with Crippen molar-refractivity contribution in [2.24, 2.45) is 0 Å². The molecule has 0 saturated carbocycles. The highest BCUT2D eigenvalue weighted by atomic mass is 79.9. The second-order valence-electron chi connectivity index (χ2n) is 5.89. The Labute approximate surface area is 129 Å². The van der Waals surface area contributed by atoms with Gasteiger partial charge in [-0.15, -0.1) is 11.3 Å². The molecule has 102 valence electrons. The van der Waals surface area contributed by atoms with E-state index in [1.54, 1.807) is 0 Å². The van der Waals surface area contributed by atoms with Crippen molar-refractivity contribution in [3.8, 4) is 0 Å². The van der Waals surface area contributed by atoms with Crippen LogP contribution in [0.4, 0.5) is 0 Å². The molecule has 0 bridgehead atoms. The summed E-state index contributed by atoms with van der Waals surface area (Å²) in [6.07, 6.45) is 1.12. The van der Waals surface area contributed by atoms with Crippen molar-refractivity contribution in [1.29, 1.82) is 0 Å². The molecule has 0 spiro atoms. The Bertz CT molecular complexity index is 531. The van der Waals surface area contributed by atoms with Gasteiger partial charge in [0.1, 0.15) is 0 Å². The molecular formula is C17H21BrS. The third kappa shape index (κ3) is 3.49. The van der Waals surface area contributed by atoms with E-state index < -0.39 is 0 Å². The van der Waals surface area contributed by atoms with E-state index in [9.17, 15) is 0 Å². The molecule has 1 heterocycles. The van der Waals surface area contributed by atoms with Gasteiger partial charge in [-0.25, -0.2) is 0 Å². The zero-order valence-electron chi connectivity index (χ0n) is 12.0. The summed E-state index contributed by atoms with van der Waals surface area (Å²) in [5, 5.41) is 0. The molecule has 19 heavy (non-hydrogen) atoms. The van der Waals surface area contributed by atoms with Gasteiger partial charge in [-0.1, -0.05) is 67.9 Å². The summed E-state index contributed by atoms with van der Waals surface area (Å²) in [5.74, 6) is 0.